The summed E-state index contributed by atoms with van der Waals surface area (Å²) in [5.74, 6) is 1.14. The third-order valence-electron chi connectivity index (χ3n) is 3.40. The number of thiophene rings is 1. The zero-order chi connectivity index (χ0) is 12.8. The molecule has 3 aromatic heterocycles. The van der Waals surface area contributed by atoms with Crippen LogP contribution in [0.2, 0.25) is 0 Å². The van der Waals surface area contributed by atoms with Crippen LogP contribution in [0.15, 0.2) is 18.6 Å². The zero-order valence-corrected chi connectivity index (χ0v) is 10.9. The summed E-state index contributed by atoms with van der Waals surface area (Å²) in [6, 6.07) is 1.79. The van der Waals surface area contributed by atoms with E-state index < -0.39 is 0 Å². The molecule has 0 unspecified atom stereocenters. The Morgan fingerprint density at radius 3 is 3.00 bits per heavy atom. The molecule has 0 atom stereocenters. The second kappa shape index (κ2) is 3.96. The van der Waals surface area contributed by atoms with Gasteiger partial charge in [0.2, 0.25) is 0 Å². The highest BCUT2D eigenvalue weighted by molar-refractivity contribution is 7.19. The van der Waals surface area contributed by atoms with E-state index >= 15 is 0 Å². The monoisotopic (exact) mass is 269 g/mol. The molecule has 3 aromatic rings. The van der Waals surface area contributed by atoms with Crippen molar-refractivity contribution in [2.75, 3.05) is 5.73 Å². The lowest BCUT2D eigenvalue weighted by atomic mass is 10.2. The Kier molecular flexibility index (Phi) is 2.25. The smallest absolute Gasteiger partial charge is 0.181 e. The van der Waals surface area contributed by atoms with Crippen molar-refractivity contribution in [3.8, 4) is 11.5 Å². The number of anilines is 1. The molecule has 0 saturated carbocycles. The van der Waals surface area contributed by atoms with Crippen LogP contribution in [0.3, 0.4) is 0 Å². The van der Waals surface area contributed by atoms with Crippen molar-refractivity contribution >= 4 is 27.4 Å². The number of nitrogen functional groups attached to an aromatic ring is 1. The molecule has 0 saturated heterocycles. The summed E-state index contributed by atoms with van der Waals surface area (Å²) in [7, 11) is 0. The Bertz CT molecular complexity index is 766. The van der Waals surface area contributed by atoms with Crippen LogP contribution in [0.25, 0.3) is 21.7 Å². The Labute approximate surface area is 113 Å². The maximum atomic E-state index is 6.12. The highest BCUT2D eigenvalue weighted by atomic mass is 32.1. The average molecular weight is 269 g/mol. The van der Waals surface area contributed by atoms with Crippen LogP contribution in [0, 0.1) is 0 Å². The van der Waals surface area contributed by atoms with Gasteiger partial charge in [0.15, 0.2) is 5.82 Å². The number of aryl methyl sites for hydroxylation is 2. The number of nitrogens with zero attached hydrogens (tertiary/aromatic N) is 4. The number of fused-ring (bicyclic) bond motifs is 3. The van der Waals surface area contributed by atoms with Gasteiger partial charge in [0.25, 0.3) is 0 Å². The molecule has 0 aliphatic heterocycles. The number of hydrogen-bond acceptors (Lipinski definition) is 6. The van der Waals surface area contributed by atoms with Crippen molar-refractivity contribution in [1.82, 2.24) is 19.9 Å². The van der Waals surface area contributed by atoms with Gasteiger partial charge in [-0.25, -0.2) is 19.9 Å². The van der Waals surface area contributed by atoms with Gasteiger partial charge in [-0.1, -0.05) is 0 Å². The number of hydrogen-bond donors (Lipinski definition) is 1. The first-order valence-electron chi connectivity index (χ1n) is 6.17. The Balaban J connectivity index is 1.97. The third kappa shape index (κ3) is 1.60. The summed E-state index contributed by atoms with van der Waals surface area (Å²) in [6.45, 7) is 0. The Morgan fingerprint density at radius 1 is 1.21 bits per heavy atom. The summed E-state index contributed by atoms with van der Waals surface area (Å²) in [5.41, 5.74) is 8.18. The molecular weight excluding hydrogens is 258 g/mol. The van der Waals surface area contributed by atoms with Crippen molar-refractivity contribution < 1.29 is 0 Å². The van der Waals surface area contributed by atoms with E-state index in [2.05, 4.69) is 19.9 Å². The molecular formula is C13H11N5S. The lowest BCUT2D eigenvalue weighted by Crippen LogP contribution is -1.98. The first-order chi connectivity index (χ1) is 9.33. The third-order valence-corrected chi connectivity index (χ3v) is 4.59. The predicted molar refractivity (Wildman–Crippen MR) is 74.9 cm³/mol. The van der Waals surface area contributed by atoms with Gasteiger partial charge in [-0.3, -0.25) is 0 Å². The van der Waals surface area contributed by atoms with Gasteiger partial charge in [0, 0.05) is 11.1 Å². The molecule has 1 aliphatic rings. The van der Waals surface area contributed by atoms with Crippen LogP contribution < -0.4 is 5.73 Å². The van der Waals surface area contributed by atoms with Crippen molar-refractivity contribution in [2.24, 2.45) is 0 Å². The molecule has 0 fully saturated rings. The van der Waals surface area contributed by atoms with Gasteiger partial charge in [-0.05, 0) is 30.9 Å². The van der Waals surface area contributed by atoms with Crippen molar-refractivity contribution in [1.29, 1.82) is 0 Å². The van der Waals surface area contributed by atoms with Crippen molar-refractivity contribution in [3.63, 3.8) is 0 Å². The van der Waals surface area contributed by atoms with E-state index in [-0.39, 0.29) is 0 Å². The first-order valence-corrected chi connectivity index (χ1v) is 6.99. The van der Waals surface area contributed by atoms with Crippen LogP contribution in [0.1, 0.15) is 16.9 Å². The number of aromatic nitrogens is 4. The van der Waals surface area contributed by atoms with E-state index in [1.54, 1.807) is 23.6 Å². The lowest BCUT2D eigenvalue weighted by molar-refractivity contribution is 0.917. The molecule has 2 N–H and O–H groups in total. The van der Waals surface area contributed by atoms with Crippen LogP contribution in [-0.4, -0.2) is 19.9 Å². The molecule has 3 heterocycles. The van der Waals surface area contributed by atoms with Gasteiger partial charge in [-0.15, -0.1) is 11.3 Å². The molecule has 0 bridgehead atoms. The minimum absolute atomic E-state index is 0.568. The standard InChI is InChI=1S/C13H11N5S/c14-11-10-7-2-1-3-9(7)19-13(10)18-12(17-11)8-4-5-15-6-16-8/h4-6H,1-3H2,(H2,14,17,18). The summed E-state index contributed by atoms with van der Waals surface area (Å²) >= 11 is 1.73. The minimum atomic E-state index is 0.568. The molecule has 4 rings (SSSR count). The fraction of sp³-hybridized carbons (Fsp3) is 0.231. The van der Waals surface area contributed by atoms with E-state index in [0.717, 1.165) is 23.1 Å². The van der Waals surface area contributed by atoms with Gasteiger partial charge >= 0.3 is 0 Å². The van der Waals surface area contributed by atoms with Crippen LogP contribution in [0.5, 0.6) is 0 Å². The average Bonchev–Trinajstić information content (AvgIpc) is 2.99. The highest BCUT2D eigenvalue weighted by Crippen LogP contribution is 2.39. The van der Waals surface area contributed by atoms with Crippen LogP contribution in [0.4, 0.5) is 5.82 Å². The van der Waals surface area contributed by atoms with E-state index in [4.69, 9.17) is 5.73 Å². The molecule has 0 radical (unpaired) electrons. The summed E-state index contributed by atoms with van der Waals surface area (Å²) in [6.07, 6.45) is 6.62. The zero-order valence-electron chi connectivity index (χ0n) is 10.1. The minimum Gasteiger partial charge on any atom is -0.383 e. The molecule has 0 amide bonds. The summed E-state index contributed by atoms with van der Waals surface area (Å²) in [4.78, 5) is 19.5. The molecule has 0 aromatic carbocycles. The van der Waals surface area contributed by atoms with E-state index in [1.165, 1.54) is 23.2 Å². The maximum Gasteiger partial charge on any atom is 0.181 e. The largest absolute Gasteiger partial charge is 0.383 e. The highest BCUT2D eigenvalue weighted by Gasteiger charge is 2.21. The Morgan fingerprint density at radius 2 is 2.16 bits per heavy atom. The molecule has 19 heavy (non-hydrogen) atoms. The summed E-state index contributed by atoms with van der Waals surface area (Å²) in [5, 5.41) is 1.05. The first kappa shape index (κ1) is 10.8. The molecule has 94 valence electrons. The van der Waals surface area contributed by atoms with E-state index in [0.29, 0.717) is 17.3 Å². The quantitative estimate of drug-likeness (QED) is 0.733. The lowest BCUT2D eigenvalue weighted by Gasteiger charge is -2.02. The van der Waals surface area contributed by atoms with Gasteiger partial charge < -0.3 is 5.73 Å². The topological polar surface area (TPSA) is 77.6 Å². The molecule has 1 aliphatic carbocycles. The second-order valence-electron chi connectivity index (χ2n) is 4.56. The fourth-order valence-electron chi connectivity index (χ4n) is 2.56. The second-order valence-corrected chi connectivity index (χ2v) is 5.65. The van der Waals surface area contributed by atoms with E-state index in [1.807, 2.05) is 0 Å². The predicted octanol–water partition coefficient (Wildman–Crippen LogP) is 2.22. The maximum absolute atomic E-state index is 6.12. The fourth-order valence-corrected chi connectivity index (χ4v) is 3.83. The van der Waals surface area contributed by atoms with Crippen molar-refractivity contribution in [3.05, 3.63) is 29.0 Å². The van der Waals surface area contributed by atoms with Gasteiger partial charge in [0.1, 0.15) is 22.7 Å². The van der Waals surface area contributed by atoms with Gasteiger partial charge in [-0.2, -0.15) is 0 Å². The van der Waals surface area contributed by atoms with E-state index in [9.17, 15) is 0 Å². The van der Waals surface area contributed by atoms with Crippen molar-refractivity contribution in [2.45, 2.75) is 19.3 Å². The molecule has 6 heteroatoms. The molecule has 5 nitrogen and oxygen atoms in total. The normalized spacial score (nSPS) is 13.9. The van der Waals surface area contributed by atoms with Crippen LogP contribution >= 0.6 is 11.3 Å². The number of rotatable bonds is 1. The van der Waals surface area contributed by atoms with Crippen LogP contribution in [-0.2, 0) is 12.8 Å². The number of nitrogens with two attached hydrogens (primary N) is 1. The SMILES string of the molecule is Nc1nc(-c2ccncn2)nc2sc3c(c12)CCC3. The Hall–Kier alpha value is -2.08. The summed E-state index contributed by atoms with van der Waals surface area (Å²) < 4.78 is 0. The molecule has 0 spiro atoms. The van der Waals surface area contributed by atoms with Gasteiger partial charge in [0.05, 0.1) is 5.39 Å².